The van der Waals surface area contributed by atoms with Crippen LogP contribution in [0.4, 0.5) is 17.1 Å². The summed E-state index contributed by atoms with van der Waals surface area (Å²) in [6.45, 7) is 8.00. The molecule has 23 heavy (non-hydrogen) atoms. The standard InChI is InChI=1S/C18H23N3O2/c1-4-13-11-15(18(23)12-16(13)21(5-2)6-3)20-19-14-9-7-8-10-17(14)22/h7-12,22-23H,4-6H2,1-3H3/b20-19+. The van der Waals surface area contributed by atoms with Crippen molar-refractivity contribution in [3.05, 3.63) is 42.0 Å². The first kappa shape index (κ1) is 16.8. The Morgan fingerprint density at radius 2 is 1.52 bits per heavy atom. The number of phenolic OH excluding ortho intramolecular Hbond substituents is 2. The lowest BCUT2D eigenvalue weighted by Gasteiger charge is -2.24. The molecule has 0 spiro atoms. The van der Waals surface area contributed by atoms with Crippen LogP contribution in [0.2, 0.25) is 0 Å². The summed E-state index contributed by atoms with van der Waals surface area (Å²) < 4.78 is 0. The van der Waals surface area contributed by atoms with Crippen molar-refractivity contribution in [2.45, 2.75) is 27.2 Å². The number of hydrogen-bond acceptors (Lipinski definition) is 5. The molecule has 0 aliphatic heterocycles. The fourth-order valence-corrected chi connectivity index (χ4v) is 2.49. The lowest BCUT2D eigenvalue weighted by Crippen LogP contribution is -2.23. The summed E-state index contributed by atoms with van der Waals surface area (Å²) in [5.41, 5.74) is 2.91. The number of phenols is 2. The molecule has 0 saturated carbocycles. The fraction of sp³-hybridized carbons (Fsp3) is 0.333. The van der Waals surface area contributed by atoms with E-state index in [0.717, 1.165) is 30.8 Å². The third kappa shape index (κ3) is 3.80. The Bertz CT molecular complexity index is 695. The van der Waals surface area contributed by atoms with Gasteiger partial charge >= 0.3 is 0 Å². The Kier molecular flexibility index (Phi) is 5.57. The van der Waals surface area contributed by atoms with Gasteiger partial charge < -0.3 is 15.1 Å². The first-order chi connectivity index (χ1) is 11.1. The molecular formula is C18H23N3O2. The first-order valence-electron chi connectivity index (χ1n) is 7.91. The van der Waals surface area contributed by atoms with Crippen LogP contribution in [0.25, 0.3) is 0 Å². The molecule has 0 atom stereocenters. The molecule has 122 valence electrons. The lowest BCUT2D eigenvalue weighted by molar-refractivity contribution is 0.473. The number of benzene rings is 2. The molecule has 0 fully saturated rings. The summed E-state index contributed by atoms with van der Waals surface area (Å²) in [5, 5.41) is 28.1. The number of anilines is 1. The van der Waals surface area contributed by atoms with Gasteiger partial charge in [0.1, 0.15) is 22.9 Å². The van der Waals surface area contributed by atoms with Gasteiger partial charge in [-0.25, -0.2) is 0 Å². The quantitative estimate of drug-likeness (QED) is 0.744. The number of azo groups is 1. The minimum Gasteiger partial charge on any atom is -0.506 e. The van der Waals surface area contributed by atoms with E-state index in [4.69, 9.17) is 0 Å². The molecule has 2 rings (SSSR count). The lowest BCUT2D eigenvalue weighted by atomic mass is 10.1. The van der Waals surface area contributed by atoms with E-state index in [9.17, 15) is 10.2 Å². The summed E-state index contributed by atoms with van der Waals surface area (Å²) in [4.78, 5) is 2.20. The van der Waals surface area contributed by atoms with E-state index in [1.165, 1.54) is 0 Å². The van der Waals surface area contributed by atoms with Crippen LogP contribution in [0.5, 0.6) is 11.5 Å². The van der Waals surface area contributed by atoms with E-state index in [2.05, 4.69) is 35.9 Å². The van der Waals surface area contributed by atoms with Gasteiger partial charge in [-0.3, -0.25) is 0 Å². The summed E-state index contributed by atoms with van der Waals surface area (Å²) in [5.74, 6) is 0.148. The van der Waals surface area contributed by atoms with Gasteiger partial charge in [0.15, 0.2) is 0 Å². The van der Waals surface area contributed by atoms with E-state index in [-0.39, 0.29) is 11.5 Å². The summed E-state index contributed by atoms with van der Waals surface area (Å²) in [6.07, 6.45) is 0.839. The van der Waals surface area contributed by atoms with E-state index >= 15 is 0 Å². The van der Waals surface area contributed by atoms with Gasteiger partial charge in [-0.1, -0.05) is 19.1 Å². The number of para-hydroxylation sites is 1. The molecule has 0 aliphatic carbocycles. The zero-order chi connectivity index (χ0) is 16.8. The zero-order valence-electron chi connectivity index (χ0n) is 13.8. The van der Waals surface area contributed by atoms with Crippen molar-refractivity contribution in [2.75, 3.05) is 18.0 Å². The van der Waals surface area contributed by atoms with Crippen LogP contribution in [0.3, 0.4) is 0 Å². The second-order valence-electron chi connectivity index (χ2n) is 5.18. The van der Waals surface area contributed by atoms with Crippen molar-refractivity contribution < 1.29 is 10.2 Å². The van der Waals surface area contributed by atoms with Crippen molar-refractivity contribution in [1.82, 2.24) is 0 Å². The predicted octanol–water partition coefficient (Wildman–Crippen LogP) is 4.92. The maximum atomic E-state index is 10.3. The molecule has 0 aliphatic rings. The monoisotopic (exact) mass is 313 g/mol. The second kappa shape index (κ2) is 7.63. The van der Waals surface area contributed by atoms with Crippen LogP contribution in [-0.4, -0.2) is 23.3 Å². The van der Waals surface area contributed by atoms with Gasteiger partial charge in [0.25, 0.3) is 0 Å². The molecule has 0 heterocycles. The minimum absolute atomic E-state index is 0.0613. The Hall–Kier alpha value is -2.56. The van der Waals surface area contributed by atoms with E-state index in [1.807, 2.05) is 6.07 Å². The number of aryl methyl sites for hydroxylation is 1. The van der Waals surface area contributed by atoms with E-state index < -0.39 is 0 Å². The van der Waals surface area contributed by atoms with Crippen LogP contribution >= 0.6 is 0 Å². The van der Waals surface area contributed by atoms with Gasteiger partial charge in [-0.15, -0.1) is 10.2 Å². The SMILES string of the molecule is CCc1cc(/N=N/c2ccccc2O)c(O)cc1N(CC)CC. The summed E-state index contributed by atoms with van der Waals surface area (Å²) in [7, 11) is 0. The highest BCUT2D eigenvalue weighted by Crippen LogP contribution is 2.36. The van der Waals surface area contributed by atoms with Crippen molar-refractivity contribution in [3.63, 3.8) is 0 Å². The molecule has 2 N–H and O–H groups in total. The molecule has 0 bridgehead atoms. The van der Waals surface area contributed by atoms with E-state index in [0.29, 0.717) is 11.4 Å². The highest BCUT2D eigenvalue weighted by atomic mass is 16.3. The number of hydrogen-bond donors (Lipinski definition) is 2. The zero-order valence-corrected chi connectivity index (χ0v) is 13.8. The molecule has 2 aromatic carbocycles. The van der Waals surface area contributed by atoms with Crippen molar-refractivity contribution >= 4 is 17.1 Å². The maximum absolute atomic E-state index is 10.3. The third-order valence-electron chi connectivity index (χ3n) is 3.81. The number of nitrogens with zero attached hydrogens (tertiary/aromatic N) is 3. The average molecular weight is 313 g/mol. The molecule has 0 radical (unpaired) electrons. The largest absolute Gasteiger partial charge is 0.506 e. The van der Waals surface area contributed by atoms with Crippen LogP contribution in [0.15, 0.2) is 46.6 Å². The Morgan fingerprint density at radius 1 is 0.870 bits per heavy atom. The molecule has 0 aromatic heterocycles. The van der Waals surface area contributed by atoms with Gasteiger partial charge in [-0.05, 0) is 44.0 Å². The van der Waals surface area contributed by atoms with Crippen LogP contribution < -0.4 is 4.90 Å². The average Bonchev–Trinajstić information content (AvgIpc) is 2.56. The van der Waals surface area contributed by atoms with Gasteiger partial charge in [0.05, 0.1) is 0 Å². The Morgan fingerprint density at radius 3 is 2.13 bits per heavy atom. The van der Waals surface area contributed by atoms with Crippen molar-refractivity contribution in [2.24, 2.45) is 10.2 Å². The van der Waals surface area contributed by atoms with Gasteiger partial charge in [0, 0.05) is 24.8 Å². The van der Waals surface area contributed by atoms with Crippen LogP contribution in [-0.2, 0) is 6.42 Å². The van der Waals surface area contributed by atoms with Crippen molar-refractivity contribution in [3.8, 4) is 11.5 Å². The smallest absolute Gasteiger partial charge is 0.145 e. The molecule has 2 aromatic rings. The molecule has 0 saturated heterocycles. The van der Waals surface area contributed by atoms with Gasteiger partial charge in [-0.2, -0.15) is 0 Å². The third-order valence-corrected chi connectivity index (χ3v) is 3.81. The first-order valence-corrected chi connectivity index (χ1v) is 7.91. The summed E-state index contributed by atoms with van der Waals surface area (Å²) in [6, 6.07) is 10.3. The fourth-order valence-electron chi connectivity index (χ4n) is 2.49. The predicted molar refractivity (Wildman–Crippen MR) is 93.3 cm³/mol. The molecule has 5 nitrogen and oxygen atoms in total. The van der Waals surface area contributed by atoms with Crippen molar-refractivity contribution in [1.29, 1.82) is 0 Å². The maximum Gasteiger partial charge on any atom is 0.145 e. The van der Waals surface area contributed by atoms with Gasteiger partial charge in [0.2, 0.25) is 0 Å². The Balaban J connectivity index is 2.39. The summed E-state index contributed by atoms with van der Waals surface area (Å²) >= 11 is 0. The highest BCUT2D eigenvalue weighted by molar-refractivity contribution is 5.66. The normalized spacial score (nSPS) is 11.1. The molecule has 5 heteroatoms. The van der Waals surface area contributed by atoms with Crippen LogP contribution in [0, 0.1) is 0 Å². The van der Waals surface area contributed by atoms with Crippen LogP contribution in [0.1, 0.15) is 26.3 Å². The van der Waals surface area contributed by atoms with E-state index in [1.54, 1.807) is 30.3 Å². The molecule has 0 amide bonds. The topological polar surface area (TPSA) is 68.4 Å². The minimum atomic E-state index is 0.0613. The number of aromatic hydroxyl groups is 2. The molecular weight excluding hydrogens is 290 g/mol. The number of rotatable bonds is 6. The highest BCUT2D eigenvalue weighted by Gasteiger charge is 2.12. The molecule has 0 unspecified atom stereocenters. The second-order valence-corrected chi connectivity index (χ2v) is 5.18. The Labute approximate surface area is 136 Å².